The molecule has 0 bridgehead atoms. The maximum absolute atomic E-state index is 12.9. The first-order valence-corrected chi connectivity index (χ1v) is 12.8. The van der Waals surface area contributed by atoms with E-state index >= 15 is 0 Å². The van der Waals surface area contributed by atoms with Crippen LogP contribution in [0.3, 0.4) is 0 Å². The van der Waals surface area contributed by atoms with Crippen LogP contribution in [-0.2, 0) is 19.5 Å². The van der Waals surface area contributed by atoms with E-state index in [1.54, 1.807) is 18.7 Å². The third-order valence-electron chi connectivity index (χ3n) is 7.20. The molecule has 188 valence electrons. The minimum Gasteiger partial charge on any atom is -0.355 e. The summed E-state index contributed by atoms with van der Waals surface area (Å²) in [7, 11) is 0. The van der Waals surface area contributed by atoms with Crippen LogP contribution in [0.25, 0.3) is 10.2 Å². The molecule has 0 aliphatic carbocycles. The molecule has 6 rings (SSSR count). The van der Waals surface area contributed by atoms with Gasteiger partial charge in [0.2, 0.25) is 0 Å². The van der Waals surface area contributed by atoms with E-state index in [2.05, 4.69) is 54.1 Å². The van der Waals surface area contributed by atoms with Gasteiger partial charge in [-0.1, -0.05) is 24.3 Å². The normalized spacial score (nSPS) is 20.8. The minimum atomic E-state index is -4.23. The van der Waals surface area contributed by atoms with E-state index in [1.165, 1.54) is 17.5 Å². The van der Waals surface area contributed by atoms with Gasteiger partial charge in [0.25, 0.3) is 0 Å². The van der Waals surface area contributed by atoms with Crippen LogP contribution < -0.4 is 4.90 Å². The van der Waals surface area contributed by atoms with Crippen LogP contribution in [0.15, 0.2) is 49.3 Å². The summed E-state index contributed by atoms with van der Waals surface area (Å²) in [5.41, 5.74) is 2.67. The summed E-state index contributed by atoms with van der Waals surface area (Å²) >= 11 is 1.11. The Morgan fingerprint density at radius 2 is 1.81 bits per heavy atom. The van der Waals surface area contributed by atoms with E-state index in [4.69, 9.17) is 0 Å². The maximum Gasteiger partial charge on any atom is 0.393 e. The summed E-state index contributed by atoms with van der Waals surface area (Å²) in [5.74, 6) is 0.765. The van der Waals surface area contributed by atoms with E-state index in [0.29, 0.717) is 11.4 Å². The third-order valence-corrected chi connectivity index (χ3v) is 8.24. The van der Waals surface area contributed by atoms with Gasteiger partial charge in [-0.15, -0.1) is 11.3 Å². The standard InChI is InChI=1S/C25H26F3N7S/c26-25(27,28)10-20-9-21-22(30-16-31-23(21)36-20)34-7-5-24(14-34)4-6-33(13-24)11-18-2-1-3-19(8-18)12-35-17-29-15-32-35/h1-3,8-9,15-17H,4-7,10-14H2. The van der Waals surface area contributed by atoms with Crippen molar-refractivity contribution in [2.75, 3.05) is 31.1 Å². The van der Waals surface area contributed by atoms with E-state index < -0.39 is 12.6 Å². The van der Waals surface area contributed by atoms with Gasteiger partial charge >= 0.3 is 6.18 Å². The first-order valence-electron chi connectivity index (χ1n) is 12.0. The molecular formula is C25H26F3N7S. The molecule has 0 saturated carbocycles. The summed E-state index contributed by atoms with van der Waals surface area (Å²) in [5, 5.41) is 4.93. The van der Waals surface area contributed by atoms with Crippen molar-refractivity contribution in [2.45, 2.75) is 38.5 Å². The average Bonchev–Trinajstić information content (AvgIpc) is 3.61. The van der Waals surface area contributed by atoms with Crippen LogP contribution in [0.2, 0.25) is 0 Å². The van der Waals surface area contributed by atoms with Crippen LogP contribution in [0, 0.1) is 5.41 Å². The Morgan fingerprint density at radius 1 is 0.972 bits per heavy atom. The molecule has 0 amide bonds. The monoisotopic (exact) mass is 513 g/mol. The maximum atomic E-state index is 12.9. The van der Waals surface area contributed by atoms with Gasteiger partial charge in [-0.2, -0.15) is 18.3 Å². The number of likely N-dealkylation sites (tertiary alicyclic amines) is 1. The number of hydrogen-bond donors (Lipinski definition) is 0. The molecule has 3 aromatic heterocycles. The van der Waals surface area contributed by atoms with Crippen molar-refractivity contribution in [3.8, 4) is 0 Å². The van der Waals surface area contributed by atoms with Crippen LogP contribution in [-0.4, -0.2) is 62.0 Å². The number of alkyl halides is 3. The molecule has 2 aliphatic heterocycles. The Morgan fingerprint density at radius 3 is 2.61 bits per heavy atom. The van der Waals surface area contributed by atoms with E-state index in [0.717, 1.165) is 68.1 Å². The molecule has 0 radical (unpaired) electrons. The summed E-state index contributed by atoms with van der Waals surface area (Å²) in [6.07, 6.45) is 1.76. The lowest BCUT2D eigenvalue weighted by Gasteiger charge is -2.25. The summed E-state index contributed by atoms with van der Waals surface area (Å²) in [6, 6.07) is 10.2. The second kappa shape index (κ2) is 9.11. The molecule has 2 aliphatic rings. The predicted molar refractivity (Wildman–Crippen MR) is 132 cm³/mol. The Bertz CT molecular complexity index is 1350. The third kappa shape index (κ3) is 4.94. The van der Waals surface area contributed by atoms with Gasteiger partial charge in [-0.25, -0.2) is 19.6 Å². The molecule has 2 saturated heterocycles. The van der Waals surface area contributed by atoms with Crippen molar-refractivity contribution < 1.29 is 13.2 Å². The second-order valence-electron chi connectivity index (χ2n) is 9.97. The zero-order valence-electron chi connectivity index (χ0n) is 19.7. The van der Waals surface area contributed by atoms with Gasteiger partial charge in [-0.3, -0.25) is 4.90 Å². The Hall–Kier alpha value is -3.05. The Balaban J connectivity index is 1.13. The smallest absolute Gasteiger partial charge is 0.355 e. The minimum absolute atomic E-state index is 0.181. The average molecular weight is 514 g/mol. The number of anilines is 1. The fourth-order valence-corrected chi connectivity index (χ4v) is 6.65. The highest BCUT2D eigenvalue weighted by atomic mass is 32.1. The Kier molecular flexibility index (Phi) is 5.91. The number of rotatable bonds is 6. The molecule has 7 nitrogen and oxygen atoms in total. The molecule has 1 aromatic carbocycles. The molecule has 1 unspecified atom stereocenters. The van der Waals surface area contributed by atoms with E-state index in [1.807, 2.05) is 4.68 Å². The second-order valence-corrected chi connectivity index (χ2v) is 11.1. The lowest BCUT2D eigenvalue weighted by atomic mass is 9.86. The number of aromatic nitrogens is 5. The number of thiophene rings is 1. The van der Waals surface area contributed by atoms with Crippen LogP contribution >= 0.6 is 11.3 Å². The molecule has 4 aromatic rings. The van der Waals surface area contributed by atoms with Crippen LogP contribution in [0.1, 0.15) is 28.8 Å². The van der Waals surface area contributed by atoms with Gasteiger partial charge in [0.05, 0.1) is 18.4 Å². The van der Waals surface area contributed by atoms with Crippen molar-refractivity contribution in [1.82, 2.24) is 29.6 Å². The van der Waals surface area contributed by atoms with Gasteiger partial charge in [0.15, 0.2) is 0 Å². The fraction of sp³-hybridized carbons (Fsp3) is 0.440. The zero-order chi connectivity index (χ0) is 24.8. The molecule has 36 heavy (non-hydrogen) atoms. The van der Waals surface area contributed by atoms with Crippen molar-refractivity contribution in [2.24, 2.45) is 5.41 Å². The molecular weight excluding hydrogens is 487 g/mol. The lowest BCUT2D eigenvalue weighted by Crippen LogP contribution is -2.31. The predicted octanol–water partition coefficient (Wildman–Crippen LogP) is 4.54. The van der Waals surface area contributed by atoms with Crippen molar-refractivity contribution >= 4 is 27.4 Å². The SMILES string of the molecule is FC(F)(F)Cc1cc2c(N3CCC4(CCN(Cc5cccc(Cn6cncn6)c5)C4)C3)ncnc2s1. The van der Waals surface area contributed by atoms with E-state index in [-0.39, 0.29) is 10.3 Å². The Labute approximate surface area is 210 Å². The highest BCUT2D eigenvalue weighted by Crippen LogP contribution is 2.43. The van der Waals surface area contributed by atoms with Gasteiger partial charge in [0, 0.05) is 36.5 Å². The number of halogens is 3. The van der Waals surface area contributed by atoms with E-state index in [9.17, 15) is 13.2 Å². The molecule has 2 fully saturated rings. The quantitative estimate of drug-likeness (QED) is 0.377. The largest absolute Gasteiger partial charge is 0.393 e. The topological polar surface area (TPSA) is 63.0 Å². The lowest BCUT2D eigenvalue weighted by molar-refractivity contribution is -0.126. The van der Waals surface area contributed by atoms with Crippen LogP contribution in [0.4, 0.5) is 19.0 Å². The molecule has 1 spiro atoms. The molecule has 5 heterocycles. The number of nitrogens with zero attached hydrogens (tertiary/aromatic N) is 7. The highest BCUT2D eigenvalue weighted by molar-refractivity contribution is 7.18. The van der Waals surface area contributed by atoms with Crippen LogP contribution in [0.5, 0.6) is 0 Å². The van der Waals surface area contributed by atoms with Crippen molar-refractivity contribution in [1.29, 1.82) is 0 Å². The number of hydrogen-bond acceptors (Lipinski definition) is 7. The highest BCUT2D eigenvalue weighted by Gasteiger charge is 2.44. The summed E-state index contributed by atoms with van der Waals surface area (Å²) in [6.45, 7) is 5.37. The fourth-order valence-electron chi connectivity index (χ4n) is 5.63. The van der Waals surface area contributed by atoms with Gasteiger partial charge in [-0.05, 0) is 36.6 Å². The van der Waals surface area contributed by atoms with Gasteiger partial charge < -0.3 is 4.90 Å². The zero-order valence-corrected chi connectivity index (χ0v) is 20.5. The molecule has 11 heteroatoms. The van der Waals surface area contributed by atoms with Crippen molar-refractivity contribution in [3.05, 3.63) is 65.3 Å². The number of benzene rings is 1. The first-order chi connectivity index (χ1) is 17.3. The molecule has 1 atom stereocenters. The first kappa shape index (κ1) is 23.4. The van der Waals surface area contributed by atoms with Gasteiger partial charge in [0.1, 0.15) is 29.6 Å². The summed E-state index contributed by atoms with van der Waals surface area (Å²) < 4.78 is 40.6. The summed E-state index contributed by atoms with van der Waals surface area (Å²) in [4.78, 5) is 18.4. The molecule has 0 N–H and O–H groups in total. The number of fused-ring (bicyclic) bond motifs is 1. The van der Waals surface area contributed by atoms with Crippen molar-refractivity contribution in [3.63, 3.8) is 0 Å².